The van der Waals surface area contributed by atoms with E-state index in [0.717, 1.165) is 0 Å². The molecular weight excluding hydrogens is 602 g/mol. The van der Waals surface area contributed by atoms with Crippen LogP contribution < -0.4 is 16.2 Å². The van der Waals surface area contributed by atoms with E-state index in [9.17, 15) is 18.0 Å². The number of nitrogens with one attached hydrogen (secondary N) is 2. The fourth-order valence-electron chi connectivity index (χ4n) is 6.89. The summed E-state index contributed by atoms with van der Waals surface area (Å²) in [7, 11) is -3.13. The molecule has 0 spiro atoms. The molecule has 13 heteroatoms. The van der Waals surface area contributed by atoms with Gasteiger partial charge in [-0.15, -0.1) is 0 Å². The standard InChI is InChI=1S/C32H40F2N6O4S/c1-21-23-4-2-5-25(18-23)32(33,34)24-6-13-39(14-7-24)15-8-28(41)35-11-3-12-40-30-27(29(38-21)36-20-37-30)19-26(31(40)42)22-9-16-45(43,44)17-10-22/h2,4-5,18-22,24H,3,6-17H2,1H3,(H,35,41)(H,36,37,38)/t21-/m1/s1. The average molecular weight is 643 g/mol. The lowest BCUT2D eigenvalue weighted by Gasteiger charge is -2.36. The Morgan fingerprint density at radius 1 is 0.978 bits per heavy atom. The molecule has 3 aromatic rings. The van der Waals surface area contributed by atoms with Gasteiger partial charge < -0.3 is 15.5 Å². The maximum Gasteiger partial charge on any atom is 0.276 e. The van der Waals surface area contributed by atoms with Crippen LogP contribution in [0.25, 0.3) is 11.0 Å². The Balaban J connectivity index is 1.40. The number of aromatic nitrogens is 3. The molecule has 8 bridgehead atoms. The molecule has 4 aliphatic rings. The molecule has 0 saturated carbocycles. The van der Waals surface area contributed by atoms with Crippen molar-refractivity contribution in [1.29, 1.82) is 0 Å². The van der Waals surface area contributed by atoms with Gasteiger partial charge in [-0.25, -0.2) is 27.2 Å². The molecule has 2 saturated heterocycles. The number of carbonyl (C=O) groups is 1. The highest BCUT2D eigenvalue weighted by atomic mass is 32.2. The molecule has 6 heterocycles. The van der Waals surface area contributed by atoms with Gasteiger partial charge in [0, 0.05) is 49.1 Å². The number of piperidine rings is 1. The van der Waals surface area contributed by atoms with Crippen LogP contribution in [0.15, 0.2) is 41.5 Å². The number of fused-ring (bicyclic) bond motifs is 9. The smallest absolute Gasteiger partial charge is 0.276 e. The second-order valence-corrected chi connectivity index (χ2v) is 14.9. The van der Waals surface area contributed by atoms with Gasteiger partial charge in [0.1, 0.15) is 27.6 Å². The number of hydrogen-bond donors (Lipinski definition) is 2. The normalized spacial score (nSPS) is 26.1. The molecule has 0 aliphatic carbocycles. The Hall–Kier alpha value is -3.45. The number of anilines is 1. The minimum Gasteiger partial charge on any atom is -0.363 e. The zero-order valence-electron chi connectivity index (χ0n) is 25.5. The predicted octanol–water partition coefficient (Wildman–Crippen LogP) is 3.97. The predicted molar refractivity (Wildman–Crippen MR) is 168 cm³/mol. The summed E-state index contributed by atoms with van der Waals surface area (Å²) in [5.74, 6) is -3.65. The van der Waals surface area contributed by atoms with E-state index in [0.29, 0.717) is 92.8 Å². The molecule has 10 nitrogen and oxygen atoms in total. The van der Waals surface area contributed by atoms with Gasteiger partial charge in [-0.1, -0.05) is 18.2 Å². The van der Waals surface area contributed by atoms with Crippen molar-refractivity contribution in [1.82, 2.24) is 24.8 Å². The number of rotatable bonds is 1. The largest absolute Gasteiger partial charge is 0.363 e. The van der Waals surface area contributed by atoms with Crippen LogP contribution in [0.4, 0.5) is 14.6 Å². The number of nitrogens with zero attached hydrogens (tertiary/aromatic N) is 4. The molecule has 0 radical (unpaired) electrons. The Bertz CT molecular complexity index is 1730. The van der Waals surface area contributed by atoms with E-state index >= 15 is 8.78 Å². The summed E-state index contributed by atoms with van der Waals surface area (Å²) in [5, 5.41) is 6.89. The van der Waals surface area contributed by atoms with Crippen LogP contribution in [-0.2, 0) is 27.1 Å². The quantitative estimate of drug-likeness (QED) is 0.409. The molecule has 1 aromatic carbocycles. The van der Waals surface area contributed by atoms with Crippen LogP contribution in [0.5, 0.6) is 0 Å². The SMILES string of the molecule is C[C@H]1Nc2ncnc3c2cc(C2CCS(=O)(=O)CC2)c(=O)n3CCCNC(=O)CCN2CCC(CC2)C(F)(F)c2cccc1c2. The highest BCUT2D eigenvalue weighted by Gasteiger charge is 2.43. The summed E-state index contributed by atoms with van der Waals surface area (Å²) in [6.07, 6.45) is 3.53. The van der Waals surface area contributed by atoms with E-state index in [2.05, 4.69) is 25.5 Å². The van der Waals surface area contributed by atoms with Crippen molar-refractivity contribution in [2.75, 3.05) is 43.0 Å². The Morgan fingerprint density at radius 3 is 2.49 bits per heavy atom. The first-order chi connectivity index (χ1) is 21.5. The number of carbonyl (C=O) groups excluding carboxylic acids is 1. The third-order valence-electron chi connectivity index (χ3n) is 9.67. The van der Waals surface area contributed by atoms with Crippen LogP contribution >= 0.6 is 0 Å². The molecule has 4 aliphatic heterocycles. The molecule has 2 N–H and O–H groups in total. The van der Waals surface area contributed by atoms with Crippen LogP contribution in [0.3, 0.4) is 0 Å². The van der Waals surface area contributed by atoms with E-state index in [-0.39, 0.29) is 40.9 Å². The minimum atomic E-state index is -3.13. The second kappa shape index (κ2) is 12.7. The van der Waals surface area contributed by atoms with Crippen molar-refractivity contribution in [3.8, 4) is 0 Å². The maximum atomic E-state index is 15.8. The van der Waals surface area contributed by atoms with E-state index in [1.807, 2.05) is 13.0 Å². The van der Waals surface area contributed by atoms with Gasteiger partial charge in [0.25, 0.3) is 11.5 Å². The molecule has 0 unspecified atom stereocenters. The number of hydrogen-bond acceptors (Lipinski definition) is 8. The number of aryl methyl sites for hydroxylation is 1. The summed E-state index contributed by atoms with van der Waals surface area (Å²) in [4.78, 5) is 37.5. The summed E-state index contributed by atoms with van der Waals surface area (Å²) in [5.41, 5.74) is 1.36. The van der Waals surface area contributed by atoms with E-state index in [1.165, 1.54) is 12.4 Å². The van der Waals surface area contributed by atoms with Crippen molar-refractivity contribution in [2.24, 2.45) is 5.92 Å². The van der Waals surface area contributed by atoms with Crippen molar-refractivity contribution in [3.05, 3.63) is 63.7 Å². The molecule has 2 fully saturated rings. The van der Waals surface area contributed by atoms with Gasteiger partial charge in [-0.3, -0.25) is 14.2 Å². The summed E-state index contributed by atoms with van der Waals surface area (Å²) >= 11 is 0. The van der Waals surface area contributed by atoms with Crippen molar-refractivity contribution in [2.45, 2.75) is 69.9 Å². The Morgan fingerprint density at radius 2 is 1.73 bits per heavy atom. The average Bonchev–Trinajstić information content (AvgIpc) is 3.03. The Kier molecular flexibility index (Phi) is 8.93. The molecule has 2 aromatic heterocycles. The highest BCUT2D eigenvalue weighted by molar-refractivity contribution is 7.91. The molecule has 242 valence electrons. The molecule has 7 rings (SSSR count). The lowest BCUT2D eigenvalue weighted by atomic mass is 9.85. The molecule has 1 atom stereocenters. The number of amides is 1. The van der Waals surface area contributed by atoms with Crippen LogP contribution in [0.2, 0.25) is 0 Å². The first-order valence-electron chi connectivity index (χ1n) is 15.8. The number of halogens is 2. The zero-order valence-corrected chi connectivity index (χ0v) is 26.3. The fraction of sp³-hybridized carbons (Fsp3) is 0.562. The molecular formula is C32H40F2N6O4S. The van der Waals surface area contributed by atoms with Gasteiger partial charge >= 0.3 is 0 Å². The Labute approximate surface area is 261 Å². The van der Waals surface area contributed by atoms with Gasteiger partial charge in [0.2, 0.25) is 5.91 Å². The third-order valence-corrected chi connectivity index (χ3v) is 11.4. The van der Waals surface area contributed by atoms with Gasteiger partial charge in [-0.05, 0) is 75.7 Å². The van der Waals surface area contributed by atoms with Crippen LogP contribution in [0.1, 0.15) is 74.1 Å². The van der Waals surface area contributed by atoms with E-state index in [1.54, 1.807) is 22.8 Å². The first kappa shape index (κ1) is 31.5. The fourth-order valence-corrected chi connectivity index (χ4v) is 8.38. The number of benzene rings is 1. The van der Waals surface area contributed by atoms with Crippen molar-refractivity contribution >= 4 is 32.6 Å². The maximum absolute atomic E-state index is 15.8. The zero-order chi connectivity index (χ0) is 31.8. The van der Waals surface area contributed by atoms with E-state index < -0.39 is 27.7 Å². The minimum absolute atomic E-state index is 0.0201. The van der Waals surface area contributed by atoms with Gasteiger partial charge in [0.05, 0.1) is 16.9 Å². The van der Waals surface area contributed by atoms with Gasteiger partial charge in [-0.2, -0.15) is 0 Å². The highest BCUT2D eigenvalue weighted by Crippen LogP contribution is 2.42. The van der Waals surface area contributed by atoms with Crippen molar-refractivity contribution < 1.29 is 22.0 Å². The van der Waals surface area contributed by atoms with Crippen LogP contribution in [0, 0.1) is 5.92 Å². The summed E-state index contributed by atoms with van der Waals surface area (Å²) in [6, 6.07) is 7.88. The first-order valence-corrected chi connectivity index (χ1v) is 17.7. The summed E-state index contributed by atoms with van der Waals surface area (Å²) in [6.45, 7) is 4.07. The summed E-state index contributed by atoms with van der Waals surface area (Å²) < 4.78 is 57.5. The second-order valence-electron chi connectivity index (χ2n) is 12.6. The van der Waals surface area contributed by atoms with Crippen molar-refractivity contribution in [3.63, 3.8) is 0 Å². The lowest BCUT2D eigenvalue weighted by Crippen LogP contribution is -2.41. The number of pyridine rings is 1. The van der Waals surface area contributed by atoms with Gasteiger partial charge in [0.15, 0.2) is 0 Å². The van der Waals surface area contributed by atoms with E-state index in [4.69, 9.17) is 0 Å². The molecule has 1 amide bonds. The number of alkyl halides is 2. The topological polar surface area (TPSA) is 126 Å². The monoisotopic (exact) mass is 642 g/mol. The molecule has 45 heavy (non-hydrogen) atoms. The van der Waals surface area contributed by atoms with Crippen LogP contribution in [-0.4, -0.2) is 71.4 Å². The lowest BCUT2D eigenvalue weighted by molar-refractivity contribution is -0.121. The number of sulfone groups is 1. The third kappa shape index (κ3) is 6.74.